The monoisotopic (exact) mass is 506 g/mol. The van der Waals surface area contributed by atoms with E-state index in [1.807, 2.05) is 0 Å². The van der Waals surface area contributed by atoms with Gasteiger partial charge in [0.2, 0.25) is 0 Å². The number of fused-ring (bicyclic) bond motifs is 5. The first-order valence-corrected chi connectivity index (χ1v) is 14.5. The van der Waals surface area contributed by atoms with E-state index in [2.05, 4.69) is 56.6 Å². The van der Waals surface area contributed by atoms with Crippen molar-refractivity contribution in [2.45, 2.75) is 117 Å². The molecule has 2 unspecified atom stereocenters. The number of carbonyl (C=O) groups is 1. The minimum atomic E-state index is -0.128. The standard InChI is InChI=1S/C29H47BrO2/c1-18(2)8-7-9-19(3)23-10-11-24-27-25(13-15-29(23,24)6)28(5)14-12-22(32-20(4)31)16-21(28)17-26(27)30/h17-19,22-27H,7-16H2,1-6H3/t19-,22?,23-,24+,25+,26?,27+,28+,29-/m1/s1. The van der Waals surface area contributed by atoms with Gasteiger partial charge >= 0.3 is 5.97 Å². The number of allylic oxidation sites excluding steroid dienone is 1. The van der Waals surface area contributed by atoms with Crippen molar-refractivity contribution in [3.05, 3.63) is 11.6 Å². The predicted octanol–water partition coefficient (Wildman–Crippen LogP) is 8.33. The van der Waals surface area contributed by atoms with Gasteiger partial charge in [0.25, 0.3) is 0 Å². The van der Waals surface area contributed by atoms with Crippen LogP contribution in [0.1, 0.15) is 106 Å². The van der Waals surface area contributed by atoms with Crippen molar-refractivity contribution in [2.75, 3.05) is 0 Å². The van der Waals surface area contributed by atoms with Crippen molar-refractivity contribution < 1.29 is 9.53 Å². The van der Waals surface area contributed by atoms with Crippen LogP contribution in [0.3, 0.4) is 0 Å². The van der Waals surface area contributed by atoms with E-state index in [1.165, 1.54) is 51.4 Å². The van der Waals surface area contributed by atoms with Crippen molar-refractivity contribution >= 4 is 21.9 Å². The molecule has 9 atom stereocenters. The Labute approximate surface area is 205 Å². The van der Waals surface area contributed by atoms with Crippen LogP contribution in [0.25, 0.3) is 0 Å². The van der Waals surface area contributed by atoms with Crippen LogP contribution >= 0.6 is 15.9 Å². The average molecular weight is 508 g/mol. The Hall–Kier alpha value is -0.310. The number of rotatable bonds is 6. The van der Waals surface area contributed by atoms with E-state index in [1.54, 1.807) is 12.5 Å². The molecule has 0 aromatic rings. The van der Waals surface area contributed by atoms with Crippen LogP contribution in [0.2, 0.25) is 0 Å². The molecule has 3 heteroatoms. The topological polar surface area (TPSA) is 26.3 Å². The molecule has 3 saturated carbocycles. The zero-order valence-corrected chi connectivity index (χ0v) is 23.0. The highest BCUT2D eigenvalue weighted by Crippen LogP contribution is 2.68. The number of halogens is 1. The summed E-state index contributed by atoms with van der Waals surface area (Å²) in [6.45, 7) is 14.0. The molecule has 182 valence electrons. The first-order valence-electron chi connectivity index (χ1n) is 13.6. The Morgan fingerprint density at radius 2 is 1.84 bits per heavy atom. The number of ether oxygens (including phenoxy) is 1. The van der Waals surface area contributed by atoms with Gasteiger partial charge in [0.1, 0.15) is 6.10 Å². The number of esters is 1. The van der Waals surface area contributed by atoms with Crippen molar-refractivity contribution in [1.29, 1.82) is 0 Å². The summed E-state index contributed by atoms with van der Waals surface area (Å²) < 4.78 is 5.63. The van der Waals surface area contributed by atoms with Crippen molar-refractivity contribution in [3.63, 3.8) is 0 Å². The number of carbonyl (C=O) groups excluding carboxylic acids is 1. The van der Waals surface area contributed by atoms with E-state index in [4.69, 9.17) is 4.74 Å². The van der Waals surface area contributed by atoms with Crippen molar-refractivity contribution in [2.24, 2.45) is 46.3 Å². The van der Waals surface area contributed by atoms with Crippen molar-refractivity contribution in [3.8, 4) is 0 Å². The van der Waals surface area contributed by atoms with Crippen LogP contribution in [0, 0.1) is 46.3 Å². The maximum absolute atomic E-state index is 11.5. The summed E-state index contributed by atoms with van der Waals surface area (Å²) in [5, 5.41) is 0. The van der Waals surface area contributed by atoms with E-state index in [-0.39, 0.29) is 12.1 Å². The highest BCUT2D eigenvalue weighted by Gasteiger charge is 2.61. The summed E-state index contributed by atoms with van der Waals surface area (Å²) in [6.07, 6.45) is 15.6. The third-order valence-electron chi connectivity index (χ3n) is 10.6. The number of hydrogen-bond donors (Lipinski definition) is 0. The van der Waals surface area contributed by atoms with E-state index in [9.17, 15) is 4.79 Å². The molecule has 2 nitrogen and oxygen atoms in total. The molecule has 0 bridgehead atoms. The minimum absolute atomic E-state index is 0.0829. The number of alkyl halides is 1. The molecule has 0 heterocycles. The summed E-state index contributed by atoms with van der Waals surface area (Å²) >= 11 is 4.18. The maximum atomic E-state index is 11.5. The Bertz CT molecular complexity index is 729. The quantitative estimate of drug-likeness (QED) is 0.205. The second kappa shape index (κ2) is 9.38. The number of hydrogen-bond acceptors (Lipinski definition) is 2. The fourth-order valence-corrected chi connectivity index (χ4v) is 9.99. The maximum Gasteiger partial charge on any atom is 0.302 e. The van der Waals surface area contributed by atoms with Gasteiger partial charge in [-0.05, 0) is 84.9 Å². The molecule has 0 spiro atoms. The van der Waals surface area contributed by atoms with Gasteiger partial charge in [-0.15, -0.1) is 0 Å². The Morgan fingerprint density at radius 3 is 2.53 bits per heavy atom. The Kier molecular flexibility index (Phi) is 7.27. The lowest BCUT2D eigenvalue weighted by atomic mass is 9.47. The lowest BCUT2D eigenvalue weighted by Crippen LogP contribution is -2.54. The van der Waals surface area contributed by atoms with E-state index >= 15 is 0 Å². The Morgan fingerprint density at radius 1 is 1.09 bits per heavy atom. The van der Waals surface area contributed by atoms with Crippen LogP contribution in [0.5, 0.6) is 0 Å². The average Bonchev–Trinajstić information content (AvgIpc) is 3.05. The Balaban J connectivity index is 1.51. The summed E-state index contributed by atoms with van der Waals surface area (Å²) in [6, 6.07) is 0. The highest BCUT2D eigenvalue weighted by molar-refractivity contribution is 9.09. The van der Waals surface area contributed by atoms with Gasteiger partial charge in [-0.25, -0.2) is 0 Å². The van der Waals surface area contributed by atoms with Gasteiger partial charge < -0.3 is 4.74 Å². The molecule has 0 saturated heterocycles. The van der Waals surface area contributed by atoms with Crippen LogP contribution in [-0.4, -0.2) is 16.9 Å². The van der Waals surface area contributed by atoms with Crippen molar-refractivity contribution in [1.82, 2.24) is 0 Å². The third-order valence-corrected chi connectivity index (χ3v) is 11.5. The largest absolute Gasteiger partial charge is 0.462 e. The first-order chi connectivity index (χ1) is 15.1. The van der Waals surface area contributed by atoms with Gasteiger partial charge in [0.15, 0.2) is 0 Å². The lowest BCUT2D eigenvalue weighted by Gasteiger charge is -2.59. The van der Waals surface area contributed by atoms with Crippen LogP contribution in [-0.2, 0) is 9.53 Å². The van der Waals surface area contributed by atoms with E-state index in [0.29, 0.717) is 15.7 Å². The molecule has 0 N–H and O–H groups in total. The van der Waals surface area contributed by atoms with Gasteiger partial charge in [0.05, 0.1) is 0 Å². The molecule has 0 aromatic carbocycles. The lowest BCUT2D eigenvalue weighted by molar-refractivity contribution is -0.148. The highest BCUT2D eigenvalue weighted by atomic mass is 79.9. The zero-order chi connectivity index (χ0) is 23.3. The normalized spacial score (nSPS) is 44.3. The molecule has 4 aliphatic carbocycles. The van der Waals surface area contributed by atoms with Crippen LogP contribution in [0.4, 0.5) is 0 Å². The predicted molar refractivity (Wildman–Crippen MR) is 137 cm³/mol. The molecule has 0 amide bonds. The fraction of sp³-hybridized carbons (Fsp3) is 0.897. The first kappa shape index (κ1) is 24.8. The molecule has 0 aromatic heterocycles. The van der Waals surface area contributed by atoms with Gasteiger partial charge in [-0.1, -0.05) is 81.5 Å². The molecule has 4 aliphatic rings. The summed E-state index contributed by atoms with van der Waals surface area (Å²) in [5.41, 5.74) is 2.38. The van der Waals surface area contributed by atoms with Gasteiger partial charge in [-0.2, -0.15) is 0 Å². The molecular weight excluding hydrogens is 460 g/mol. The molecule has 3 fully saturated rings. The zero-order valence-electron chi connectivity index (χ0n) is 21.5. The smallest absolute Gasteiger partial charge is 0.302 e. The van der Waals surface area contributed by atoms with Crippen LogP contribution in [0.15, 0.2) is 11.6 Å². The van der Waals surface area contributed by atoms with E-state index in [0.717, 1.165) is 48.3 Å². The van der Waals surface area contributed by atoms with Gasteiger partial charge in [0, 0.05) is 18.2 Å². The second-order valence-corrected chi connectivity index (χ2v) is 13.9. The van der Waals surface area contributed by atoms with Crippen LogP contribution < -0.4 is 0 Å². The molecule has 0 radical (unpaired) electrons. The summed E-state index contributed by atoms with van der Waals surface area (Å²) in [7, 11) is 0. The molecule has 4 rings (SSSR count). The summed E-state index contributed by atoms with van der Waals surface area (Å²) in [4.78, 5) is 12.0. The molecule has 0 aliphatic heterocycles. The minimum Gasteiger partial charge on any atom is -0.462 e. The molecular formula is C29H47BrO2. The fourth-order valence-electron chi connectivity index (χ4n) is 8.93. The summed E-state index contributed by atoms with van der Waals surface area (Å²) in [5.74, 6) is 4.86. The SMILES string of the molecule is CC(=O)OC1CC[C@@]2(C)C(=CC(Br)[C@H]3[C@@H]4CC[C@H]([C@H](C)CCCC(C)C)[C@@]4(C)CC[C@@H]32)C1. The second-order valence-electron chi connectivity index (χ2n) is 12.8. The van der Waals surface area contributed by atoms with Gasteiger partial charge in [-0.3, -0.25) is 4.79 Å². The van der Waals surface area contributed by atoms with E-state index < -0.39 is 0 Å². The molecule has 32 heavy (non-hydrogen) atoms. The third kappa shape index (κ3) is 4.38.